The maximum absolute atomic E-state index is 12.7. The van der Waals surface area contributed by atoms with Crippen LogP contribution in [0.3, 0.4) is 0 Å². The molecule has 1 aromatic heterocycles. The van der Waals surface area contributed by atoms with Crippen molar-refractivity contribution >= 4 is 57.2 Å². The SMILES string of the molecule is O=C(Nc1cccc(Cl)c1)c1c(NC(=O)C(F)(F)F)sc2c1CCSC2. The van der Waals surface area contributed by atoms with Crippen molar-refractivity contribution < 1.29 is 22.8 Å². The van der Waals surface area contributed by atoms with E-state index in [1.54, 1.807) is 30.0 Å². The minimum absolute atomic E-state index is 0.0839. The van der Waals surface area contributed by atoms with Crippen molar-refractivity contribution in [2.24, 2.45) is 0 Å². The highest BCUT2D eigenvalue weighted by molar-refractivity contribution is 7.98. The molecule has 138 valence electrons. The number of benzene rings is 1. The van der Waals surface area contributed by atoms with Crippen molar-refractivity contribution in [1.29, 1.82) is 0 Å². The predicted octanol–water partition coefficient (Wildman–Crippen LogP) is 4.94. The van der Waals surface area contributed by atoms with E-state index in [0.29, 0.717) is 28.4 Å². The molecule has 26 heavy (non-hydrogen) atoms. The summed E-state index contributed by atoms with van der Waals surface area (Å²) in [5, 5.41) is 4.81. The van der Waals surface area contributed by atoms with Gasteiger partial charge in [-0.2, -0.15) is 24.9 Å². The Kier molecular flexibility index (Phi) is 5.50. The van der Waals surface area contributed by atoms with Crippen LogP contribution in [-0.4, -0.2) is 23.7 Å². The standard InChI is InChI=1S/C16H12ClF3N2O2S2/c17-8-2-1-3-9(6-8)21-13(23)12-10-4-5-25-7-11(10)26-14(12)22-15(24)16(18,19)20/h1-3,6H,4-5,7H2,(H,21,23)(H,22,24). The van der Waals surface area contributed by atoms with Gasteiger partial charge < -0.3 is 10.6 Å². The molecule has 0 saturated carbocycles. The number of halogens is 4. The summed E-state index contributed by atoms with van der Waals surface area (Å²) in [6.45, 7) is 0. The Morgan fingerprint density at radius 2 is 1.96 bits per heavy atom. The molecular formula is C16H12ClF3N2O2S2. The Morgan fingerprint density at radius 3 is 2.65 bits per heavy atom. The molecule has 10 heteroatoms. The van der Waals surface area contributed by atoms with Crippen LogP contribution in [0.15, 0.2) is 24.3 Å². The number of fused-ring (bicyclic) bond motifs is 1. The van der Waals surface area contributed by atoms with E-state index in [1.807, 2.05) is 5.32 Å². The van der Waals surface area contributed by atoms with Crippen molar-refractivity contribution in [1.82, 2.24) is 0 Å². The van der Waals surface area contributed by atoms with Crippen molar-refractivity contribution in [2.45, 2.75) is 18.3 Å². The fourth-order valence-electron chi connectivity index (χ4n) is 2.49. The molecule has 0 atom stereocenters. The van der Waals surface area contributed by atoms with Crippen LogP contribution in [0.4, 0.5) is 23.9 Å². The minimum Gasteiger partial charge on any atom is -0.322 e. The monoisotopic (exact) mass is 420 g/mol. The molecule has 0 aliphatic carbocycles. The molecule has 2 N–H and O–H groups in total. The van der Waals surface area contributed by atoms with E-state index in [0.717, 1.165) is 22.0 Å². The predicted molar refractivity (Wildman–Crippen MR) is 98.3 cm³/mol. The molecule has 0 bridgehead atoms. The first-order chi connectivity index (χ1) is 12.3. The van der Waals surface area contributed by atoms with Gasteiger partial charge in [-0.05, 0) is 35.9 Å². The Morgan fingerprint density at radius 1 is 1.19 bits per heavy atom. The third kappa shape index (κ3) is 4.16. The van der Waals surface area contributed by atoms with Gasteiger partial charge in [0.05, 0.1) is 5.56 Å². The molecule has 2 aromatic rings. The molecule has 2 heterocycles. The van der Waals surface area contributed by atoms with Crippen LogP contribution in [0.1, 0.15) is 20.8 Å². The second-order valence-electron chi connectivity index (χ2n) is 5.43. The second-order valence-corrected chi connectivity index (χ2v) is 8.07. The van der Waals surface area contributed by atoms with Gasteiger partial charge in [0.25, 0.3) is 5.91 Å². The number of thioether (sulfide) groups is 1. The number of amides is 2. The molecule has 0 radical (unpaired) electrons. The molecule has 4 nitrogen and oxygen atoms in total. The lowest BCUT2D eigenvalue weighted by molar-refractivity contribution is -0.167. The Labute approximate surface area is 160 Å². The summed E-state index contributed by atoms with van der Waals surface area (Å²) in [6.07, 6.45) is -4.48. The van der Waals surface area contributed by atoms with Gasteiger partial charge in [-0.3, -0.25) is 9.59 Å². The maximum atomic E-state index is 12.7. The molecule has 1 aliphatic rings. The number of nitrogens with one attached hydrogen (secondary N) is 2. The summed E-state index contributed by atoms with van der Waals surface area (Å²) in [5.74, 6) is -1.32. The summed E-state index contributed by atoms with van der Waals surface area (Å²) in [4.78, 5) is 24.9. The zero-order valence-corrected chi connectivity index (χ0v) is 15.5. The zero-order valence-electron chi connectivity index (χ0n) is 13.1. The Hall–Kier alpha value is -1.71. The number of rotatable bonds is 3. The van der Waals surface area contributed by atoms with E-state index in [-0.39, 0.29) is 10.6 Å². The first-order valence-electron chi connectivity index (χ1n) is 7.43. The summed E-state index contributed by atoms with van der Waals surface area (Å²) in [7, 11) is 0. The third-order valence-electron chi connectivity index (χ3n) is 3.61. The van der Waals surface area contributed by atoms with Gasteiger partial charge in [-0.1, -0.05) is 17.7 Å². The molecule has 0 spiro atoms. The van der Waals surface area contributed by atoms with Crippen molar-refractivity contribution in [3.63, 3.8) is 0 Å². The third-order valence-corrected chi connectivity index (χ3v) is 6.17. The number of anilines is 2. The number of alkyl halides is 3. The van der Waals surface area contributed by atoms with Crippen LogP contribution < -0.4 is 10.6 Å². The quantitative estimate of drug-likeness (QED) is 0.739. The van der Waals surface area contributed by atoms with Crippen molar-refractivity contribution in [3.05, 3.63) is 45.3 Å². The molecule has 3 rings (SSSR count). The first kappa shape index (κ1) is 19.1. The van der Waals surface area contributed by atoms with E-state index in [1.165, 1.54) is 6.07 Å². The average molecular weight is 421 g/mol. The Bertz CT molecular complexity index is 868. The highest BCUT2D eigenvalue weighted by Gasteiger charge is 2.40. The molecule has 1 aromatic carbocycles. The van der Waals surface area contributed by atoms with Crippen LogP contribution >= 0.6 is 34.7 Å². The van der Waals surface area contributed by atoms with E-state index in [2.05, 4.69) is 5.32 Å². The first-order valence-corrected chi connectivity index (χ1v) is 9.78. The molecule has 2 amide bonds. The van der Waals surface area contributed by atoms with Crippen molar-refractivity contribution in [2.75, 3.05) is 16.4 Å². The molecular weight excluding hydrogens is 409 g/mol. The van der Waals surface area contributed by atoms with Gasteiger partial charge in [0.2, 0.25) is 0 Å². The number of hydrogen-bond acceptors (Lipinski definition) is 4. The lowest BCUT2D eigenvalue weighted by atomic mass is 10.1. The highest BCUT2D eigenvalue weighted by atomic mass is 35.5. The van der Waals surface area contributed by atoms with Crippen LogP contribution in [0, 0.1) is 0 Å². The molecule has 0 fully saturated rings. The summed E-state index contributed by atoms with van der Waals surface area (Å²) in [6, 6.07) is 6.42. The topological polar surface area (TPSA) is 58.2 Å². The van der Waals surface area contributed by atoms with Crippen LogP contribution in [-0.2, 0) is 17.0 Å². The fraction of sp³-hybridized carbons (Fsp3) is 0.250. The van der Waals surface area contributed by atoms with Gasteiger partial charge in [0.1, 0.15) is 5.00 Å². The minimum atomic E-state index is -5.03. The summed E-state index contributed by atoms with van der Waals surface area (Å²) in [5.41, 5.74) is 1.19. The normalized spacial score (nSPS) is 13.8. The lowest BCUT2D eigenvalue weighted by Crippen LogP contribution is -2.30. The fourth-order valence-corrected chi connectivity index (χ4v) is 5.06. The highest BCUT2D eigenvalue weighted by Crippen LogP contribution is 2.40. The zero-order chi connectivity index (χ0) is 18.9. The van der Waals surface area contributed by atoms with Crippen molar-refractivity contribution in [3.8, 4) is 0 Å². The van der Waals surface area contributed by atoms with Crippen LogP contribution in [0.2, 0.25) is 5.02 Å². The van der Waals surface area contributed by atoms with Gasteiger partial charge in [0, 0.05) is 21.3 Å². The van der Waals surface area contributed by atoms with Crippen LogP contribution in [0.25, 0.3) is 0 Å². The average Bonchev–Trinajstić information content (AvgIpc) is 2.91. The second kappa shape index (κ2) is 7.50. The van der Waals surface area contributed by atoms with E-state index < -0.39 is 18.0 Å². The largest absolute Gasteiger partial charge is 0.471 e. The summed E-state index contributed by atoms with van der Waals surface area (Å²) < 4.78 is 37.8. The molecule has 0 saturated heterocycles. The van der Waals surface area contributed by atoms with Gasteiger partial charge in [-0.25, -0.2) is 0 Å². The van der Waals surface area contributed by atoms with E-state index >= 15 is 0 Å². The number of thiophene rings is 1. The molecule has 0 unspecified atom stereocenters. The number of carbonyl (C=O) groups excluding carboxylic acids is 2. The molecule has 1 aliphatic heterocycles. The Balaban J connectivity index is 1.94. The van der Waals surface area contributed by atoms with E-state index in [4.69, 9.17) is 11.6 Å². The summed E-state index contributed by atoms with van der Waals surface area (Å²) >= 11 is 8.52. The smallest absolute Gasteiger partial charge is 0.322 e. The lowest BCUT2D eigenvalue weighted by Gasteiger charge is -2.13. The van der Waals surface area contributed by atoms with E-state index in [9.17, 15) is 22.8 Å². The number of hydrogen-bond donors (Lipinski definition) is 2. The van der Waals surface area contributed by atoms with Gasteiger partial charge >= 0.3 is 12.1 Å². The van der Waals surface area contributed by atoms with Crippen LogP contribution in [0.5, 0.6) is 0 Å². The maximum Gasteiger partial charge on any atom is 0.471 e. The van der Waals surface area contributed by atoms with Gasteiger partial charge in [0.15, 0.2) is 0 Å². The van der Waals surface area contributed by atoms with Gasteiger partial charge in [-0.15, -0.1) is 11.3 Å². The number of carbonyl (C=O) groups is 2.